The van der Waals surface area contributed by atoms with E-state index in [0.717, 1.165) is 16.8 Å². The summed E-state index contributed by atoms with van der Waals surface area (Å²) in [6, 6.07) is 29.3. The number of amides is 1. The highest BCUT2D eigenvalue weighted by atomic mass is 35.5. The average molecular weight is 365 g/mol. The van der Waals surface area contributed by atoms with Crippen molar-refractivity contribution in [3.63, 3.8) is 0 Å². The van der Waals surface area contributed by atoms with Gasteiger partial charge < -0.3 is 10.6 Å². The Morgan fingerprint density at radius 3 is 1.85 bits per heavy atom. The van der Waals surface area contributed by atoms with Gasteiger partial charge in [-0.05, 0) is 23.3 Å². The lowest BCUT2D eigenvalue weighted by Crippen LogP contribution is -2.33. The fraction of sp³-hybridized carbons (Fsp3) is 0.136. The maximum absolute atomic E-state index is 12.5. The summed E-state index contributed by atoms with van der Waals surface area (Å²) in [7, 11) is 0. The monoisotopic (exact) mass is 364 g/mol. The van der Waals surface area contributed by atoms with E-state index < -0.39 is 5.38 Å². The number of para-hydroxylation sites is 1. The predicted octanol–water partition coefficient (Wildman–Crippen LogP) is 4.94. The molecule has 3 rings (SSSR count). The Bertz CT molecular complexity index is 809. The van der Waals surface area contributed by atoms with Crippen LogP contribution in [0.2, 0.25) is 0 Å². The average Bonchev–Trinajstić information content (AvgIpc) is 2.72. The van der Waals surface area contributed by atoms with Gasteiger partial charge in [-0.25, -0.2) is 0 Å². The molecule has 0 heterocycles. The number of hydrogen-bond donors (Lipinski definition) is 2. The number of hydrogen-bond acceptors (Lipinski definition) is 2. The van der Waals surface area contributed by atoms with Gasteiger partial charge in [0.15, 0.2) is 0 Å². The molecule has 3 aromatic rings. The summed E-state index contributed by atoms with van der Waals surface area (Å²) in [5.41, 5.74) is 2.89. The second kappa shape index (κ2) is 9.07. The largest absolute Gasteiger partial charge is 0.376 e. The zero-order valence-corrected chi connectivity index (χ0v) is 15.1. The lowest BCUT2D eigenvalue weighted by atomic mass is 10.1. The van der Waals surface area contributed by atoms with Crippen molar-refractivity contribution in [1.82, 2.24) is 5.32 Å². The van der Waals surface area contributed by atoms with E-state index in [0.29, 0.717) is 6.54 Å². The van der Waals surface area contributed by atoms with Crippen LogP contribution in [0.3, 0.4) is 0 Å². The van der Waals surface area contributed by atoms with Gasteiger partial charge >= 0.3 is 0 Å². The zero-order chi connectivity index (χ0) is 18.2. The summed E-state index contributed by atoms with van der Waals surface area (Å²) < 4.78 is 0. The number of carbonyl (C=O) groups is 1. The number of nitrogens with one attached hydrogen (secondary N) is 2. The van der Waals surface area contributed by atoms with Crippen molar-refractivity contribution in [2.45, 2.75) is 11.4 Å². The second-order valence-electron chi connectivity index (χ2n) is 5.99. The van der Waals surface area contributed by atoms with Crippen molar-refractivity contribution in [3.8, 4) is 0 Å². The SMILES string of the molecule is O=C(NCC(Nc1ccccc1)c1ccccc1)C(Cl)c1ccccc1. The molecular formula is C22H21ClN2O. The minimum absolute atomic E-state index is 0.0535. The van der Waals surface area contributed by atoms with Gasteiger partial charge in [-0.3, -0.25) is 4.79 Å². The first-order chi connectivity index (χ1) is 12.7. The Morgan fingerprint density at radius 2 is 1.27 bits per heavy atom. The Hall–Kier alpha value is -2.78. The Balaban J connectivity index is 1.69. The van der Waals surface area contributed by atoms with Crippen molar-refractivity contribution < 1.29 is 4.79 Å². The van der Waals surface area contributed by atoms with Crippen LogP contribution in [0.25, 0.3) is 0 Å². The van der Waals surface area contributed by atoms with E-state index in [-0.39, 0.29) is 11.9 Å². The summed E-state index contributed by atoms with van der Waals surface area (Å²) in [6.07, 6.45) is 0. The van der Waals surface area contributed by atoms with Crippen LogP contribution in [-0.4, -0.2) is 12.5 Å². The van der Waals surface area contributed by atoms with Crippen LogP contribution in [-0.2, 0) is 4.79 Å². The van der Waals surface area contributed by atoms with Crippen molar-refractivity contribution in [1.29, 1.82) is 0 Å². The molecule has 26 heavy (non-hydrogen) atoms. The van der Waals surface area contributed by atoms with E-state index in [9.17, 15) is 4.79 Å². The summed E-state index contributed by atoms with van der Waals surface area (Å²) in [6.45, 7) is 0.438. The smallest absolute Gasteiger partial charge is 0.242 e. The zero-order valence-electron chi connectivity index (χ0n) is 14.3. The van der Waals surface area contributed by atoms with Gasteiger partial charge in [-0.15, -0.1) is 11.6 Å². The van der Waals surface area contributed by atoms with E-state index in [1.165, 1.54) is 0 Å². The molecule has 3 nitrogen and oxygen atoms in total. The Morgan fingerprint density at radius 1 is 0.769 bits per heavy atom. The molecule has 0 aliphatic rings. The molecule has 132 valence electrons. The third-order valence-electron chi connectivity index (χ3n) is 4.12. The molecule has 1 amide bonds. The van der Waals surface area contributed by atoms with Gasteiger partial charge in [-0.1, -0.05) is 78.9 Å². The van der Waals surface area contributed by atoms with E-state index in [4.69, 9.17) is 11.6 Å². The molecule has 0 aromatic heterocycles. The standard InChI is InChI=1S/C22H21ClN2O/c23-21(18-12-6-2-7-13-18)22(26)24-16-20(17-10-4-1-5-11-17)25-19-14-8-3-9-15-19/h1-15,20-21,25H,16H2,(H,24,26). The summed E-state index contributed by atoms with van der Waals surface area (Å²) in [4.78, 5) is 12.5. The molecule has 2 N–H and O–H groups in total. The third kappa shape index (κ3) is 4.87. The molecule has 0 spiro atoms. The first kappa shape index (κ1) is 18.0. The fourth-order valence-corrected chi connectivity index (χ4v) is 2.96. The normalized spacial score (nSPS) is 12.8. The van der Waals surface area contributed by atoms with E-state index in [1.54, 1.807) is 0 Å². The lowest BCUT2D eigenvalue weighted by molar-refractivity contribution is -0.120. The number of anilines is 1. The first-order valence-electron chi connectivity index (χ1n) is 8.57. The van der Waals surface area contributed by atoms with Crippen LogP contribution in [0.1, 0.15) is 22.5 Å². The summed E-state index contributed by atoms with van der Waals surface area (Å²) in [5.74, 6) is -0.200. The molecule has 0 aliphatic carbocycles. The van der Waals surface area contributed by atoms with Crippen LogP contribution in [0.5, 0.6) is 0 Å². The third-order valence-corrected chi connectivity index (χ3v) is 4.57. The molecule has 0 aliphatic heterocycles. The molecule has 4 heteroatoms. The maximum Gasteiger partial charge on any atom is 0.242 e. The Labute approximate surface area is 159 Å². The molecule has 0 radical (unpaired) electrons. The number of alkyl halides is 1. The topological polar surface area (TPSA) is 41.1 Å². The van der Waals surface area contributed by atoms with Gasteiger partial charge in [0.05, 0.1) is 6.04 Å². The Kier molecular flexibility index (Phi) is 6.29. The molecule has 0 saturated carbocycles. The highest BCUT2D eigenvalue weighted by Crippen LogP contribution is 2.22. The van der Waals surface area contributed by atoms with E-state index in [1.807, 2.05) is 91.0 Å². The quantitative estimate of drug-likeness (QED) is 0.583. The predicted molar refractivity (Wildman–Crippen MR) is 107 cm³/mol. The number of carbonyl (C=O) groups excluding carboxylic acids is 1. The van der Waals surface area contributed by atoms with Crippen LogP contribution in [0.4, 0.5) is 5.69 Å². The molecule has 3 aromatic carbocycles. The van der Waals surface area contributed by atoms with Gasteiger partial charge in [0.2, 0.25) is 5.91 Å². The number of benzene rings is 3. The van der Waals surface area contributed by atoms with Gasteiger partial charge in [0.25, 0.3) is 0 Å². The van der Waals surface area contributed by atoms with Crippen molar-refractivity contribution in [2.75, 3.05) is 11.9 Å². The number of rotatable bonds is 7. The van der Waals surface area contributed by atoms with E-state index in [2.05, 4.69) is 10.6 Å². The molecule has 2 unspecified atom stereocenters. The van der Waals surface area contributed by atoms with Gasteiger partial charge in [0.1, 0.15) is 5.38 Å². The van der Waals surface area contributed by atoms with Crippen molar-refractivity contribution >= 4 is 23.2 Å². The fourth-order valence-electron chi connectivity index (χ4n) is 2.74. The molecule has 0 bridgehead atoms. The second-order valence-corrected chi connectivity index (χ2v) is 6.43. The van der Waals surface area contributed by atoms with Crippen LogP contribution in [0, 0.1) is 0 Å². The molecule has 0 saturated heterocycles. The lowest BCUT2D eigenvalue weighted by Gasteiger charge is -2.22. The molecule has 2 atom stereocenters. The number of halogens is 1. The minimum atomic E-state index is -0.704. The van der Waals surface area contributed by atoms with Gasteiger partial charge in [-0.2, -0.15) is 0 Å². The summed E-state index contributed by atoms with van der Waals surface area (Å²) >= 11 is 6.31. The molecular weight excluding hydrogens is 344 g/mol. The van der Waals surface area contributed by atoms with Crippen molar-refractivity contribution in [3.05, 3.63) is 102 Å². The molecule has 0 fully saturated rings. The van der Waals surface area contributed by atoms with Gasteiger partial charge in [0, 0.05) is 12.2 Å². The summed E-state index contributed by atoms with van der Waals surface area (Å²) in [5, 5.41) is 5.73. The highest BCUT2D eigenvalue weighted by molar-refractivity contribution is 6.30. The van der Waals surface area contributed by atoms with E-state index >= 15 is 0 Å². The minimum Gasteiger partial charge on any atom is -0.376 e. The van der Waals surface area contributed by atoms with Crippen LogP contribution in [0.15, 0.2) is 91.0 Å². The van der Waals surface area contributed by atoms with Crippen LogP contribution < -0.4 is 10.6 Å². The first-order valence-corrected chi connectivity index (χ1v) is 9.01. The van der Waals surface area contributed by atoms with Crippen LogP contribution >= 0.6 is 11.6 Å². The van der Waals surface area contributed by atoms with Crippen molar-refractivity contribution in [2.24, 2.45) is 0 Å². The maximum atomic E-state index is 12.5. The highest BCUT2D eigenvalue weighted by Gasteiger charge is 2.19.